The molecule has 1 amide bonds. The lowest BCUT2D eigenvalue weighted by atomic mass is 10.0. The van der Waals surface area contributed by atoms with Crippen LogP contribution < -0.4 is 5.32 Å². The fourth-order valence-electron chi connectivity index (χ4n) is 6.61. The van der Waals surface area contributed by atoms with Gasteiger partial charge in [0.05, 0.1) is 13.2 Å². The first-order chi connectivity index (χ1) is 26.6. The van der Waals surface area contributed by atoms with Crippen LogP contribution in [-0.2, 0) is 32.7 Å². The van der Waals surface area contributed by atoms with E-state index in [0.717, 1.165) is 38.5 Å². The second kappa shape index (κ2) is 39.3. The van der Waals surface area contributed by atoms with Gasteiger partial charge < -0.3 is 25.2 Å². The summed E-state index contributed by atoms with van der Waals surface area (Å²) in [5.74, 6) is -2.35. The predicted molar refractivity (Wildman–Crippen MR) is 222 cm³/mol. The highest BCUT2D eigenvalue weighted by Gasteiger charge is 2.28. The number of unbranched alkanes of at least 4 members (excludes halogenated alkanes) is 29. The summed E-state index contributed by atoms with van der Waals surface area (Å²) in [4.78, 5) is 45.9. The zero-order valence-electron chi connectivity index (χ0n) is 35.3. The smallest absolute Gasteiger partial charge is 0.472 e. The van der Waals surface area contributed by atoms with Crippen molar-refractivity contribution in [3.63, 3.8) is 0 Å². The summed E-state index contributed by atoms with van der Waals surface area (Å²) in [5, 5.41) is 21.8. The Kier molecular flexibility index (Phi) is 38.2. The summed E-state index contributed by atoms with van der Waals surface area (Å²) in [6.45, 7) is 2.62. The molecule has 3 atom stereocenters. The van der Waals surface area contributed by atoms with Gasteiger partial charge >= 0.3 is 19.8 Å². The lowest BCUT2D eigenvalue weighted by Crippen LogP contribution is -2.43. The normalized spacial score (nSPS) is 13.7. The van der Waals surface area contributed by atoms with Crippen LogP contribution in [0.3, 0.4) is 0 Å². The van der Waals surface area contributed by atoms with Gasteiger partial charge in [-0.3, -0.25) is 18.6 Å². The molecule has 0 aliphatic rings. The summed E-state index contributed by atoms with van der Waals surface area (Å²) in [5.41, 5.74) is 0. The van der Waals surface area contributed by atoms with Gasteiger partial charge in [0.1, 0.15) is 12.7 Å². The minimum atomic E-state index is -4.75. The van der Waals surface area contributed by atoms with Crippen molar-refractivity contribution in [2.24, 2.45) is 0 Å². The molecule has 12 heteroatoms. The van der Waals surface area contributed by atoms with Crippen molar-refractivity contribution < 1.29 is 47.8 Å². The minimum absolute atomic E-state index is 0.152. The molecule has 55 heavy (non-hydrogen) atoms. The van der Waals surface area contributed by atoms with E-state index in [-0.39, 0.29) is 12.8 Å². The Morgan fingerprint density at radius 3 is 1.20 bits per heavy atom. The van der Waals surface area contributed by atoms with E-state index in [1.165, 1.54) is 148 Å². The van der Waals surface area contributed by atoms with Crippen molar-refractivity contribution in [2.45, 2.75) is 238 Å². The molecule has 0 fully saturated rings. The summed E-state index contributed by atoms with van der Waals surface area (Å²) in [7, 11) is -4.75. The molecular weight excluding hydrogens is 721 g/mol. The topological polar surface area (TPSA) is 169 Å². The van der Waals surface area contributed by atoms with E-state index in [0.29, 0.717) is 12.8 Å². The first kappa shape index (κ1) is 53.5. The molecule has 326 valence electrons. The summed E-state index contributed by atoms with van der Waals surface area (Å²) in [6.07, 6.45) is 36.9. The zero-order valence-corrected chi connectivity index (χ0v) is 36.2. The number of phosphoric ester groups is 1. The third-order valence-electron chi connectivity index (χ3n) is 10.1. The fourth-order valence-corrected chi connectivity index (χ4v) is 7.38. The number of aliphatic hydroxyl groups excluding tert-OH is 1. The van der Waals surface area contributed by atoms with Crippen molar-refractivity contribution in [3.05, 3.63) is 0 Å². The average Bonchev–Trinajstić information content (AvgIpc) is 3.16. The van der Waals surface area contributed by atoms with Gasteiger partial charge in [0.15, 0.2) is 6.04 Å². The van der Waals surface area contributed by atoms with E-state index in [1.54, 1.807) is 0 Å². The Bertz CT molecular complexity index is 952. The summed E-state index contributed by atoms with van der Waals surface area (Å²) < 4.78 is 26.8. The van der Waals surface area contributed by atoms with Crippen LogP contribution in [0.15, 0.2) is 0 Å². The van der Waals surface area contributed by atoms with Crippen LogP contribution >= 0.6 is 7.82 Å². The van der Waals surface area contributed by atoms with Crippen LogP contribution in [0.25, 0.3) is 0 Å². The van der Waals surface area contributed by atoms with Gasteiger partial charge in [0.25, 0.3) is 0 Å². The van der Waals surface area contributed by atoms with Crippen LogP contribution in [0.5, 0.6) is 0 Å². The maximum absolute atomic E-state index is 12.3. The number of aliphatic carboxylic acids is 1. The molecule has 0 rings (SSSR count). The van der Waals surface area contributed by atoms with Crippen molar-refractivity contribution in [1.82, 2.24) is 5.32 Å². The molecule has 0 radical (unpaired) electrons. The standard InChI is InChI=1S/C43H84NO10P/c1-3-5-7-9-11-13-15-17-19-21-23-25-27-29-31-33-35-42(47)52-36-39(45)37-53-55(50,51)54-38-40(43(48)49)44-41(46)34-32-30-28-26-24-22-20-18-16-14-12-10-8-6-4-2/h39-40,45H,3-38H2,1-2H3,(H,44,46)(H,48,49)(H,50,51). The number of rotatable bonds is 43. The SMILES string of the molecule is CCCCCCCCCCCCCCCCCCC(=O)OCC(O)COP(=O)(O)OCC(NC(=O)CCCCCCCCCCCCCCCCC)C(=O)O. The van der Waals surface area contributed by atoms with Gasteiger partial charge in [-0.15, -0.1) is 0 Å². The van der Waals surface area contributed by atoms with Gasteiger partial charge in [0, 0.05) is 12.8 Å². The van der Waals surface area contributed by atoms with Crippen LogP contribution in [0.4, 0.5) is 0 Å². The van der Waals surface area contributed by atoms with Crippen LogP contribution in [0.1, 0.15) is 226 Å². The quantitative estimate of drug-likeness (QED) is 0.0264. The Labute approximate surface area is 335 Å². The van der Waals surface area contributed by atoms with Crippen LogP contribution in [-0.4, -0.2) is 64.9 Å². The molecule has 0 bridgehead atoms. The largest absolute Gasteiger partial charge is 0.480 e. The second-order valence-electron chi connectivity index (χ2n) is 15.6. The number of carbonyl (C=O) groups excluding carboxylic acids is 2. The maximum Gasteiger partial charge on any atom is 0.472 e. The third-order valence-corrected chi connectivity index (χ3v) is 11.1. The molecule has 0 aliphatic heterocycles. The first-order valence-corrected chi connectivity index (χ1v) is 24.1. The molecule has 4 N–H and O–H groups in total. The predicted octanol–water partition coefficient (Wildman–Crippen LogP) is 11.5. The van der Waals surface area contributed by atoms with Crippen LogP contribution in [0.2, 0.25) is 0 Å². The number of hydrogen-bond donors (Lipinski definition) is 4. The van der Waals surface area contributed by atoms with E-state index in [1.807, 2.05) is 0 Å². The monoisotopic (exact) mass is 806 g/mol. The van der Waals surface area contributed by atoms with E-state index in [2.05, 4.69) is 19.2 Å². The Balaban J connectivity index is 3.85. The van der Waals surface area contributed by atoms with E-state index in [4.69, 9.17) is 13.8 Å². The molecule has 0 spiro atoms. The number of carboxylic acids is 1. The number of carbonyl (C=O) groups is 3. The first-order valence-electron chi connectivity index (χ1n) is 22.6. The van der Waals surface area contributed by atoms with Crippen molar-refractivity contribution in [3.8, 4) is 0 Å². The van der Waals surface area contributed by atoms with Gasteiger partial charge in [-0.2, -0.15) is 0 Å². The molecule has 0 heterocycles. The number of esters is 1. The van der Waals surface area contributed by atoms with E-state index >= 15 is 0 Å². The number of nitrogens with one attached hydrogen (secondary N) is 1. The Hall–Kier alpha value is -1.52. The average molecular weight is 806 g/mol. The number of amides is 1. The molecule has 11 nitrogen and oxygen atoms in total. The molecule has 0 aromatic heterocycles. The summed E-state index contributed by atoms with van der Waals surface area (Å²) in [6, 6.07) is -1.54. The number of hydrogen-bond acceptors (Lipinski definition) is 8. The lowest BCUT2D eigenvalue weighted by Gasteiger charge is -2.18. The highest BCUT2D eigenvalue weighted by molar-refractivity contribution is 7.47. The second-order valence-corrected chi connectivity index (χ2v) is 17.1. The number of carboxylic acid groups (broad SMARTS) is 1. The number of ether oxygens (including phenoxy) is 1. The van der Waals surface area contributed by atoms with Gasteiger partial charge in [-0.25, -0.2) is 9.36 Å². The highest BCUT2D eigenvalue weighted by atomic mass is 31.2. The zero-order chi connectivity index (χ0) is 40.7. The van der Waals surface area contributed by atoms with Crippen LogP contribution in [0, 0.1) is 0 Å². The Morgan fingerprint density at radius 2 is 0.836 bits per heavy atom. The molecular formula is C43H84NO10P. The molecule has 0 saturated heterocycles. The van der Waals surface area contributed by atoms with E-state index < -0.39 is 57.6 Å². The van der Waals surface area contributed by atoms with E-state index in [9.17, 15) is 34.1 Å². The lowest BCUT2D eigenvalue weighted by molar-refractivity contribution is -0.147. The summed E-state index contributed by atoms with van der Waals surface area (Å²) >= 11 is 0. The molecule has 0 aromatic rings. The molecule has 0 aliphatic carbocycles. The minimum Gasteiger partial charge on any atom is -0.480 e. The fraction of sp³-hybridized carbons (Fsp3) is 0.930. The molecule has 0 aromatic carbocycles. The van der Waals surface area contributed by atoms with Crippen molar-refractivity contribution >= 4 is 25.7 Å². The van der Waals surface area contributed by atoms with Crippen molar-refractivity contribution in [1.29, 1.82) is 0 Å². The number of aliphatic hydroxyl groups is 1. The number of phosphoric acid groups is 1. The third kappa shape index (κ3) is 39.1. The van der Waals surface area contributed by atoms with Gasteiger partial charge in [0.2, 0.25) is 5.91 Å². The van der Waals surface area contributed by atoms with Crippen molar-refractivity contribution in [2.75, 3.05) is 19.8 Å². The van der Waals surface area contributed by atoms with Gasteiger partial charge in [-0.1, -0.05) is 200 Å². The molecule has 0 saturated carbocycles. The van der Waals surface area contributed by atoms with Gasteiger partial charge in [-0.05, 0) is 12.8 Å². The molecule has 3 unspecified atom stereocenters. The maximum atomic E-state index is 12.3. The highest BCUT2D eigenvalue weighted by Crippen LogP contribution is 2.43. The Morgan fingerprint density at radius 1 is 0.509 bits per heavy atom.